The number of esters is 1. The van der Waals surface area contributed by atoms with Gasteiger partial charge >= 0.3 is 5.97 Å². The molecule has 0 saturated carbocycles. The molecule has 3 nitrogen and oxygen atoms in total. The molecule has 1 heterocycles. The van der Waals surface area contributed by atoms with Crippen molar-refractivity contribution in [2.75, 3.05) is 6.61 Å². The summed E-state index contributed by atoms with van der Waals surface area (Å²) in [5.41, 5.74) is 3.82. The molecule has 0 radical (unpaired) electrons. The van der Waals surface area contributed by atoms with E-state index < -0.39 is 0 Å². The average molecular weight is 269 g/mol. The third-order valence-electron chi connectivity index (χ3n) is 3.38. The van der Waals surface area contributed by atoms with Crippen LogP contribution < -0.4 is 0 Å². The Balaban J connectivity index is 2.26. The van der Waals surface area contributed by atoms with Crippen LogP contribution in [-0.4, -0.2) is 17.1 Å². The smallest absolute Gasteiger partial charge is 0.333 e. The van der Waals surface area contributed by atoms with Crippen molar-refractivity contribution in [3.05, 3.63) is 54.3 Å². The molecule has 3 heteroatoms. The predicted octanol–water partition coefficient (Wildman–Crippen LogP) is 3.71. The first kappa shape index (κ1) is 14.1. The maximum Gasteiger partial charge on any atom is 0.333 e. The van der Waals surface area contributed by atoms with Gasteiger partial charge in [-0.05, 0) is 19.9 Å². The molecule has 2 aromatic rings. The monoisotopic (exact) mass is 269 g/mol. The molecule has 0 aliphatic carbocycles. The average Bonchev–Trinajstić information content (AvgIpc) is 2.71. The Hall–Kier alpha value is -2.29. The zero-order valence-electron chi connectivity index (χ0n) is 12.0. The topological polar surface area (TPSA) is 31.2 Å². The summed E-state index contributed by atoms with van der Waals surface area (Å²) in [4.78, 5) is 11.4. The highest BCUT2D eigenvalue weighted by Crippen LogP contribution is 2.26. The molecule has 0 fully saturated rings. The van der Waals surface area contributed by atoms with Crippen molar-refractivity contribution in [1.29, 1.82) is 0 Å². The minimum Gasteiger partial charge on any atom is -0.460 e. The van der Waals surface area contributed by atoms with E-state index in [1.54, 1.807) is 6.92 Å². The van der Waals surface area contributed by atoms with Crippen LogP contribution in [-0.2, 0) is 16.1 Å². The molecule has 0 atom stereocenters. The van der Waals surface area contributed by atoms with E-state index >= 15 is 0 Å². The Kier molecular flexibility index (Phi) is 4.08. The lowest BCUT2D eigenvalue weighted by Gasteiger charge is -2.09. The molecule has 0 unspecified atom stereocenters. The highest BCUT2D eigenvalue weighted by molar-refractivity contribution is 5.91. The number of aromatic nitrogens is 1. The van der Waals surface area contributed by atoms with Crippen LogP contribution in [0.15, 0.2) is 43.0 Å². The van der Waals surface area contributed by atoms with Gasteiger partial charge < -0.3 is 9.30 Å². The first-order chi connectivity index (χ1) is 9.56. The number of rotatable bonds is 5. The van der Waals surface area contributed by atoms with E-state index in [0.717, 1.165) is 16.8 Å². The lowest BCUT2D eigenvalue weighted by atomic mass is 10.1. The zero-order valence-corrected chi connectivity index (χ0v) is 12.0. The van der Waals surface area contributed by atoms with Crippen LogP contribution in [0.2, 0.25) is 0 Å². The van der Waals surface area contributed by atoms with Gasteiger partial charge in [0, 0.05) is 27.7 Å². The Morgan fingerprint density at radius 2 is 2.10 bits per heavy atom. The molecular formula is C17H19NO2. The SMILES string of the molecule is C=Cc1c(C)n(CCOC(=O)C(=C)C)c2ccccc12. The minimum atomic E-state index is -0.344. The van der Waals surface area contributed by atoms with Crippen LogP contribution in [0.1, 0.15) is 18.2 Å². The summed E-state index contributed by atoms with van der Waals surface area (Å²) in [6, 6.07) is 8.16. The maximum absolute atomic E-state index is 11.4. The minimum absolute atomic E-state index is 0.335. The van der Waals surface area contributed by atoms with Crippen molar-refractivity contribution < 1.29 is 9.53 Å². The molecule has 0 aliphatic heterocycles. The van der Waals surface area contributed by atoms with Gasteiger partial charge in [-0.3, -0.25) is 0 Å². The van der Waals surface area contributed by atoms with Crippen LogP contribution in [0.25, 0.3) is 17.0 Å². The fourth-order valence-corrected chi connectivity index (χ4v) is 2.36. The van der Waals surface area contributed by atoms with E-state index in [1.807, 2.05) is 18.2 Å². The summed E-state index contributed by atoms with van der Waals surface area (Å²) in [5, 5.41) is 1.17. The fraction of sp³-hybridized carbons (Fsp3) is 0.235. The number of fused-ring (bicyclic) bond motifs is 1. The van der Waals surface area contributed by atoms with Crippen LogP contribution in [0.5, 0.6) is 0 Å². The Morgan fingerprint density at radius 3 is 2.75 bits per heavy atom. The Bertz CT molecular complexity index is 680. The molecule has 0 amide bonds. The van der Waals surface area contributed by atoms with Gasteiger partial charge in [-0.15, -0.1) is 0 Å². The molecular weight excluding hydrogens is 250 g/mol. The summed E-state index contributed by atoms with van der Waals surface area (Å²) >= 11 is 0. The molecule has 1 aromatic carbocycles. The highest BCUT2D eigenvalue weighted by Gasteiger charge is 2.11. The van der Waals surface area contributed by atoms with E-state index in [2.05, 4.69) is 36.8 Å². The van der Waals surface area contributed by atoms with Crippen LogP contribution >= 0.6 is 0 Å². The number of nitrogens with zero attached hydrogens (tertiary/aromatic N) is 1. The standard InChI is InChI=1S/C17H19NO2/c1-5-14-13(4)18(10-11-20-17(19)12(2)3)16-9-7-6-8-15(14)16/h5-9H,1-2,10-11H2,3-4H3. The second-order valence-electron chi connectivity index (χ2n) is 4.79. The fourth-order valence-electron chi connectivity index (χ4n) is 2.36. The molecule has 0 saturated heterocycles. The number of hydrogen-bond donors (Lipinski definition) is 0. The molecule has 0 spiro atoms. The van der Waals surface area contributed by atoms with Gasteiger partial charge in [0.15, 0.2) is 0 Å². The van der Waals surface area contributed by atoms with E-state index in [9.17, 15) is 4.79 Å². The Labute approximate surface area is 119 Å². The first-order valence-corrected chi connectivity index (χ1v) is 6.59. The maximum atomic E-state index is 11.4. The summed E-state index contributed by atoms with van der Waals surface area (Å²) < 4.78 is 7.32. The van der Waals surface area contributed by atoms with Gasteiger partial charge in [0.1, 0.15) is 6.61 Å². The third-order valence-corrected chi connectivity index (χ3v) is 3.38. The number of carbonyl (C=O) groups is 1. The van der Waals surface area contributed by atoms with Gasteiger partial charge in [-0.2, -0.15) is 0 Å². The second-order valence-corrected chi connectivity index (χ2v) is 4.79. The highest BCUT2D eigenvalue weighted by atomic mass is 16.5. The van der Waals surface area contributed by atoms with E-state index in [1.165, 1.54) is 5.39 Å². The number of ether oxygens (including phenoxy) is 1. The molecule has 1 aromatic heterocycles. The quantitative estimate of drug-likeness (QED) is 0.612. The summed E-state index contributed by atoms with van der Waals surface area (Å²) in [6.07, 6.45) is 1.87. The molecule has 20 heavy (non-hydrogen) atoms. The van der Waals surface area contributed by atoms with Gasteiger partial charge in [0.05, 0.1) is 6.54 Å². The van der Waals surface area contributed by atoms with Gasteiger partial charge in [-0.25, -0.2) is 4.79 Å². The summed E-state index contributed by atoms with van der Waals surface area (Å²) in [5.74, 6) is -0.344. The number of benzene rings is 1. The van der Waals surface area contributed by atoms with Crippen LogP contribution in [0.3, 0.4) is 0 Å². The molecule has 0 bridgehead atoms. The van der Waals surface area contributed by atoms with E-state index in [4.69, 9.17) is 4.74 Å². The zero-order chi connectivity index (χ0) is 14.7. The number of para-hydroxylation sites is 1. The van der Waals surface area contributed by atoms with Crippen molar-refractivity contribution in [2.24, 2.45) is 0 Å². The molecule has 0 N–H and O–H groups in total. The number of hydrogen-bond acceptors (Lipinski definition) is 2. The summed E-state index contributed by atoms with van der Waals surface area (Å²) in [6.45, 7) is 12.1. The van der Waals surface area contributed by atoms with Gasteiger partial charge in [0.2, 0.25) is 0 Å². The van der Waals surface area contributed by atoms with Gasteiger partial charge in [0.25, 0.3) is 0 Å². The van der Waals surface area contributed by atoms with Crippen molar-refractivity contribution in [3.8, 4) is 0 Å². The lowest BCUT2D eigenvalue weighted by molar-refractivity contribution is -0.139. The van der Waals surface area contributed by atoms with E-state index in [-0.39, 0.29) is 5.97 Å². The Morgan fingerprint density at radius 1 is 1.40 bits per heavy atom. The van der Waals surface area contributed by atoms with Gasteiger partial charge in [-0.1, -0.05) is 37.4 Å². The molecule has 2 rings (SSSR count). The first-order valence-electron chi connectivity index (χ1n) is 6.59. The predicted molar refractivity (Wildman–Crippen MR) is 82.5 cm³/mol. The van der Waals surface area contributed by atoms with Crippen LogP contribution in [0, 0.1) is 6.92 Å². The number of carbonyl (C=O) groups excluding carboxylic acids is 1. The van der Waals surface area contributed by atoms with Crippen LogP contribution in [0.4, 0.5) is 0 Å². The van der Waals surface area contributed by atoms with E-state index in [0.29, 0.717) is 18.7 Å². The van der Waals surface area contributed by atoms with Crippen molar-refractivity contribution in [3.63, 3.8) is 0 Å². The third kappa shape index (κ3) is 2.52. The molecule has 104 valence electrons. The normalized spacial score (nSPS) is 10.5. The summed E-state index contributed by atoms with van der Waals surface area (Å²) in [7, 11) is 0. The van der Waals surface area contributed by atoms with Crippen molar-refractivity contribution in [2.45, 2.75) is 20.4 Å². The second kappa shape index (κ2) is 5.78. The van der Waals surface area contributed by atoms with Crippen molar-refractivity contribution in [1.82, 2.24) is 4.57 Å². The largest absolute Gasteiger partial charge is 0.460 e. The lowest BCUT2D eigenvalue weighted by Crippen LogP contribution is -2.12. The van der Waals surface area contributed by atoms with Crippen molar-refractivity contribution >= 4 is 22.9 Å². The molecule has 0 aliphatic rings.